The second-order valence-corrected chi connectivity index (χ2v) is 2.85. The topological polar surface area (TPSA) is 85.9 Å². The second-order valence-electron chi connectivity index (χ2n) is 2.10. The lowest BCUT2D eigenvalue weighted by Crippen LogP contribution is -1.92. The van der Waals surface area contributed by atoms with Crippen LogP contribution in [0.4, 0.5) is 5.69 Å². The predicted molar refractivity (Wildman–Crippen MR) is 49.4 cm³/mol. The van der Waals surface area contributed by atoms with E-state index < -0.39 is 5.97 Å². The third-order valence-electron chi connectivity index (χ3n) is 1.22. The average Bonchev–Trinajstić information content (AvgIpc) is 2.53. The SMILES string of the molecule is N=CCN=Nc1cscc1C(=O)O. The van der Waals surface area contributed by atoms with Crippen LogP contribution in [0.15, 0.2) is 21.0 Å². The van der Waals surface area contributed by atoms with Crippen LogP contribution >= 0.6 is 11.3 Å². The summed E-state index contributed by atoms with van der Waals surface area (Å²) in [5.41, 5.74) is 0.498. The van der Waals surface area contributed by atoms with Crippen LogP contribution in [0.2, 0.25) is 0 Å². The van der Waals surface area contributed by atoms with Gasteiger partial charge in [-0.1, -0.05) is 0 Å². The summed E-state index contributed by atoms with van der Waals surface area (Å²) in [5, 5.41) is 25.7. The first-order chi connectivity index (χ1) is 6.25. The molecule has 0 bridgehead atoms. The zero-order chi connectivity index (χ0) is 9.68. The lowest BCUT2D eigenvalue weighted by molar-refractivity contribution is 0.0698. The normalized spacial score (nSPS) is 10.5. The largest absolute Gasteiger partial charge is 0.478 e. The summed E-state index contributed by atoms with van der Waals surface area (Å²) >= 11 is 1.26. The Morgan fingerprint density at radius 2 is 2.46 bits per heavy atom. The Morgan fingerprint density at radius 1 is 1.69 bits per heavy atom. The van der Waals surface area contributed by atoms with E-state index in [1.165, 1.54) is 16.7 Å². The number of nitrogens with one attached hydrogen (secondary N) is 1. The van der Waals surface area contributed by atoms with Crippen molar-refractivity contribution in [2.45, 2.75) is 0 Å². The lowest BCUT2D eigenvalue weighted by Gasteiger charge is -1.89. The highest BCUT2D eigenvalue weighted by molar-refractivity contribution is 7.08. The molecule has 6 heteroatoms. The zero-order valence-corrected chi connectivity index (χ0v) is 7.41. The van der Waals surface area contributed by atoms with Gasteiger partial charge in [-0.05, 0) is 0 Å². The fourth-order valence-electron chi connectivity index (χ4n) is 0.686. The standard InChI is InChI=1S/C7H7N3O2S/c8-1-2-9-10-6-4-13-3-5(6)7(11)12/h1,3-4,8H,2H2,(H,11,12). The third-order valence-corrected chi connectivity index (χ3v) is 1.95. The number of carbonyl (C=O) groups is 1. The van der Waals surface area contributed by atoms with Crippen molar-refractivity contribution in [2.24, 2.45) is 10.2 Å². The van der Waals surface area contributed by atoms with Crippen molar-refractivity contribution in [1.82, 2.24) is 0 Å². The molecule has 0 atom stereocenters. The number of carboxylic acids is 1. The van der Waals surface area contributed by atoms with Gasteiger partial charge in [0.1, 0.15) is 5.69 Å². The van der Waals surface area contributed by atoms with E-state index in [2.05, 4.69) is 10.2 Å². The van der Waals surface area contributed by atoms with Gasteiger partial charge in [0.05, 0.1) is 12.1 Å². The highest BCUT2D eigenvalue weighted by Gasteiger charge is 2.09. The minimum absolute atomic E-state index is 0.152. The number of nitrogens with zero attached hydrogens (tertiary/aromatic N) is 2. The van der Waals surface area contributed by atoms with Crippen LogP contribution in [0.1, 0.15) is 10.4 Å². The molecule has 1 aromatic rings. The van der Waals surface area contributed by atoms with Gasteiger partial charge >= 0.3 is 5.97 Å². The number of rotatable bonds is 4. The van der Waals surface area contributed by atoms with Crippen LogP contribution < -0.4 is 0 Å². The molecule has 0 aliphatic rings. The minimum Gasteiger partial charge on any atom is -0.478 e. The zero-order valence-electron chi connectivity index (χ0n) is 6.60. The van der Waals surface area contributed by atoms with Crippen molar-refractivity contribution >= 4 is 29.2 Å². The Hall–Kier alpha value is -1.56. The first-order valence-electron chi connectivity index (χ1n) is 3.41. The molecule has 0 saturated heterocycles. The van der Waals surface area contributed by atoms with Gasteiger partial charge in [-0.3, -0.25) is 0 Å². The number of azo groups is 1. The maximum Gasteiger partial charge on any atom is 0.338 e. The Labute approximate surface area is 78.3 Å². The van der Waals surface area contributed by atoms with Gasteiger partial charge in [-0.25, -0.2) is 4.79 Å². The predicted octanol–water partition coefficient (Wildman–Crippen LogP) is 2.18. The lowest BCUT2D eigenvalue weighted by atomic mass is 10.3. The molecule has 0 aromatic carbocycles. The molecule has 0 aliphatic carbocycles. The number of hydrogen-bond donors (Lipinski definition) is 2. The summed E-state index contributed by atoms with van der Waals surface area (Å²) in [4.78, 5) is 10.6. The molecule has 1 rings (SSSR count). The van der Waals surface area contributed by atoms with Crippen LogP contribution in [-0.2, 0) is 0 Å². The molecule has 0 radical (unpaired) electrons. The molecular formula is C7H7N3O2S. The fraction of sp³-hybridized carbons (Fsp3) is 0.143. The molecule has 1 aromatic heterocycles. The second kappa shape index (κ2) is 4.46. The van der Waals surface area contributed by atoms with E-state index in [1.807, 2.05) is 0 Å². The summed E-state index contributed by atoms with van der Waals surface area (Å²) in [6.45, 7) is 0.176. The summed E-state index contributed by atoms with van der Waals surface area (Å²) in [7, 11) is 0. The van der Waals surface area contributed by atoms with Crippen LogP contribution in [0.3, 0.4) is 0 Å². The van der Waals surface area contributed by atoms with Crippen molar-refractivity contribution in [2.75, 3.05) is 6.54 Å². The van der Waals surface area contributed by atoms with E-state index in [9.17, 15) is 4.79 Å². The monoisotopic (exact) mass is 197 g/mol. The summed E-state index contributed by atoms with van der Waals surface area (Å²) in [6.07, 6.45) is 1.09. The molecule has 0 saturated carbocycles. The molecule has 5 nitrogen and oxygen atoms in total. The molecule has 0 amide bonds. The van der Waals surface area contributed by atoms with Gasteiger partial charge in [0, 0.05) is 17.0 Å². The molecular weight excluding hydrogens is 190 g/mol. The minimum atomic E-state index is -1.01. The smallest absolute Gasteiger partial charge is 0.338 e. The van der Waals surface area contributed by atoms with Gasteiger partial charge in [-0.2, -0.15) is 10.2 Å². The van der Waals surface area contributed by atoms with E-state index in [4.69, 9.17) is 10.5 Å². The quantitative estimate of drug-likeness (QED) is 0.572. The van der Waals surface area contributed by atoms with Crippen molar-refractivity contribution in [3.05, 3.63) is 16.3 Å². The van der Waals surface area contributed by atoms with Crippen molar-refractivity contribution in [1.29, 1.82) is 5.41 Å². The van der Waals surface area contributed by atoms with E-state index >= 15 is 0 Å². The van der Waals surface area contributed by atoms with Gasteiger partial charge in [0.25, 0.3) is 0 Å². The number of aromatic carboxylic acids is 1. The molecule has 0 unspecified atom stereocenters. The van der Waals surface area contributed by atoms with Gasteiger partial charge in [-0.15, -0.1) is 11.3 Å². The van der Waals surface area contributed by atoms with E-state index in [0.717, 1.165) is 6.21 Å². The van der Waals surface area contributed by atoms with Crippen molar-refractivity contribution in [3.8, 4) is 0 Å². The third kappa shape index (κ3) is 2.45. The molecule has 0 spiro atoms. The average molecular weight is 197 g/mol. The fourth-order valence-corrected chi connectivity index (χ4v) is 1.41. The Kier molecular flexibility index (Phi) is 3.27. The summed E-state index contributed by atoms with van der Waals surface area (Å²) in [6, 6.07) is 0. The number of carboxylic acid groups (broad SMARTS) is 1. The number of hydrogen-bond acceptors (Lipinski definition) is 5. The highest BCUT2D eigenvalue weighted by atomic mass is 32.1. The van der Waals surface area contributed by atoms with E-state index in [0.29, 0.717) is 5.69 Å². The number of thiophene rings is 1. The Bertz CT molecular complexity index is 345. The van der Waals surface area contributed by atoms with E-state index in [1.54, 1.807) is 5.38 Å². The van der Waals surface area contributed by atoms with Gasteiger partial charge in [0.2, 0.25) is 0 Å². The van der Waals surface area contributed by atoms with E-state index in [-0.39, 0.29) is 12.1 Å². The molecule has 0 fully saturated rings. The Balaban J connectivity index is 2.82. The van der Waals surface area contributed by atoms with Crippen LogP contribution in [0.5, 0.6) is 0 Å². The summed E-state index contributed by atoms with van der Waals surface area (Å²) in [5.74, 6) is -1.01. The van der Waals surface area contributed by atoms with Crippen LogP contribution in [0.25, 0.3) is 0 Å². The molecule has 2 N–H and O–H groups in total. The van der Waals surface area contributed by atoms with Crippen LogP contribution in [-0.4, -0.2) is 23.8 Å². The Morgan fingerprint density at radius 3 is 3.08 bits per heavy atom. The highest BCUT2D eigenvalue weighted by Crippen LogP contribution is 2.23. The van der Waals surface area contributed by atoms with Crippen molar-refractivity contribution < 1.29 is 9.90 Å². The molecule has 1 heterocycles. The van der Waals surface area contributed by atoms with Gasteiger partial charge in [0.15, 0.2) is 0 Å². The maximum atomic E-state index is 10.6. The maximum absolute atomic E-state index is 10.6. The molecule has 68 valence electrons. The molecule has 13 heavy (non-hydrogen) atoms. The van der Waals surface area contributed by atoms with Crippen LogP contribution in [0, 0.1) is 5.41 Å². The first kappa shape index (κ1) is 9.53. The van der Waals surface area contributed by atoms with Crippen molar-refractivity contribution in [3.63, 3.8) is 0 Å². The first-order valence-corrected chi connectivity index (χ1v) is 4.36. The van der Waals surface area contributed by atoms with Gasteiger partial charge < -0.3 is 10.5 Å². The summed E-state index contributed by atoms with van der Waals surface area (Å²) < 4.78 is 0. The molecule has 0 aliphatic heterocycles.